The molecule has 0 aromatic rings. The molecule has 2 unspecified atom stereocenters. The quantitative estimate of drug-likeness (QED) is 0.762. The SMILES string of the molecule is COC(=O)C(C)(C)CCN1CCCCC1C(C)N. The number of esters is 1. The number of methoxy groups -OCH3 is 1. The lowest BCUT2D eigenvalue weighted by atomic mass is 9.88. The van der Waals surface area contributed by atoms with E-state index < -0.39 is 5.41 Å². The van der Waals surface area contributed by atoms with Crippen molar-refractivity contribution in [3.05, 3.63) is 0 Å². The van der Waals surface area contributed by atoms with Crippen molar-refractivity contribution in [1.82, 2.24) is 4.90 Å². The van der Waals surface area contributed by atoms with Gasteiger partial charge in [-0.25, -0.2) is 0 Å². The fraction of sp³-hybridized carbons (Fsp3) is 0.929. The van der Waals surface area contributed by atoms with E-state index in [-0.39, 0.29) is 12.0 Å². The molecule has 1 aliphatic rings. The molecule has 1 saturated heterocycles. The number of carbonyl (C=O) groups excluding carboxylic acids is 1. The van der Waals surface area contributed by atoms with Crippen LogP contribution in [-0.2, 0) is 9.53 Å². The summed E-state index contributed by atoms with van der Waals surface area (Å²) in [7, 11) is 1.45. The third kappa shape index (κ3) is 3.95. The maximum Gasteiger partial charge on any atom is 0.311 e. The van der Waals surface area contributed by atoms with E-state index in [2.05, 4.69) is 11.8 Å². The molecule has 0 aromatic carbocycles. The van der Waals surface area contributed by atoms with Crippen LogP contribution in [0.5, 0.6) is 0 Å². The summed E-state index contributed by atoms with van der Waals surface area (Å²) in [6, 6.07) is 0.665. The first kappa shape index (κ1) is 15.4. The molecule has 1 aliphatic heterocycles. The van der Waals surface area contributed by atoms with Crippen molar-refractivity contribution in [1.29, 1.82) is 0 Å². The van der Waals surface area contributed by atoms with Crippen LogP contribution in [0, 0.1) is 5.41 Å². The van der Waals surface area contributed by atoms with E-state index in [1.807, 2.05) is 13.8 Å². The molecule has 106 valence electrons. The second kappa shape index (κ2) is 6.53. The molecule has 0 saturated carbocycles. The van der Waals surface area contributed by atoms with E-state index in [9.17, 15) is 4.79 Å². The Morgan fingerprint density at radius 2 is 2.17 bits per heavy atom. The molecule has 1 heterocycles. The summed E-state index contributed by atoms with van der Waals surface area (Å²) >= 11 is 0. The Hall–Kier alpha value is -0.610. The van der Waals surface area contributed by atoms with Crippen LogP contribution in [0.2, 0.25) is 0 Å². The van der Waals surface area contributed by atoms with Crippen LogP contribution < -0.4 is 5.73 Å². The third-order valence-electron chi connectivity index (χ3n) is 4.03. The fourth-order valence-corrected chi connectivity index (χ4v) is 2.69. The topological polar surface area (TPSA) is 55.6 Å². The number of hydrogen-bond acceptors (Lipinski definition) is 4. The molecular weight excluding hydrogens is 228 g/mol. The van der Waals surface area contributed by atoms with Crippen molar-refractivity contribution in [2.45, 2.75) is 58.5 Å². The zero-order valence-electron chi connectivity index (χ0n) is 12.2. The number of nitrogens with two attached hydrogens (primary N) is 1. The van der Waals surface area contributed by atoms with Crippen molar-refractivity contribution < 1.29 is 9.53 Å². The Labute approximate surface area is 111 Å². The first-order valence-electron chi connectivity index (χ1n) is 6.96. The molecule has 4 nitrogen and oxygen atoms in total. The van der Waals surface area contributed by atoms with Crippen molar-refractivity contribution in [3.8, 4) is 0 Å². The van der Waals surface area contributed by atoms with E-state index >= 15 is 0 Å². The normalized spacial score (nSPS) is 23.7. The Bertz CT molecular complexity index is 277. The fourth-order valence-electron chi connectivity index (χ4n) is 2.69. The summed E-state index contributed by atoms with van der Waals surface area (Å²) in [6.07, 6.45) is 4.50. The minimum Gasteiger partial charge on any atom is -0.469 e. The van der Waals surface area contributed by atoms with Gasteiger partial charge in [0, 0.05) is 12.1 Å². The summed E-state index contributed by atoms with van der Waals surface area (Å²) in [5.41, 5.74) is 5.64. The highest BCUT2D eigenvalue weighted by molar-refractivity contribution is 5.75. The molecule has 2 atom stereocenters. The van der Waals surface area contributed by atoms with Crippen molar-refractivity contribution in [3.63, 3.8) is 0 Å². The van der Waals surface area contributed by atoms with Crippen LogP contribution in [0.15, 0.2) is 0 Å². The van der Waals surface area contributed by atoms with Gasteiger partial charge in [-0.1, -0.05) is 6.42 Å². The van der Waals surface area contributed by atoms with Crippen LogP contribution >= 0.6 is 0 Å². The highest BCUT2D eigenvalue weighted by Crippen LogP contribution is 2.25. The van der Waals surface area contributed by atoms with Crippen LogP contribution in [-0.4, -0.2) is 43.2 Å². The van der Waals surface area contributed by atoms with Gasteiger partial charge in [-0.15, -0.1) is 0 Å². The standard InChI is InChI=1S/C14H28N2O2/c1-11(15)12-7-5-6-9-16(12)10-8-14(2,3)13(17)18-4/h11-12H,5-10,15H2,1-4H3. The molecule has 1 fully saturated rings. The van der Waals surface area contributed by atoms with Crippen molar-refractivity contribution in [2.24, 2.45) is 11.1 Å². The number of rotatable bonds is 5. The van der Waals surface area contributed by atoms with Crippen molar-refractivity contribution >= 4 is 5.97 Å². The van der Waals surface area contributed by atoms with Crippen LogP contribution in [0.4, 0.5) is 0 Å². The van der Waals surface area contributed by atoms with Gasteiger partial charge >= 0.3 is 5.97 Å². The Kier molecular flexibility index (Phi) is 5.60. The average Bonchev–Trinajstić information content (AvgIpc) is 2.35. The molecule has 0 aromatic heterocycles. The van der Waals surface area contributed by atoms with Gasteiger partial charge in [-0.2, -0.15) is 0 Å². The minimum absolute atomic E-state index is 0.128. The molecule has 4 heteroatoms. The van der Waals surface area contributed by atoms with Gasteiger partial charge in [0.2, 0.25) is 0 Å². The molecule has 0 aliphatic carbocycles. The predicted molar refractivity (Wildman–Crippen MR) is 73.3 cm³/mol. The Balaban J connectivity index is 2.52. The van der Waals surface area contributed by atoms with E-state index in [4.69, 9.17) is 10.5 Å². The summed E-state index contributed by atoms with van der Waals surface area (Å²) in [5.74, 6) is -0.128. The van der Waals surface area contributed by atoms with E-state index in [0.717, 1.165) is 19.5 Å². The lowest BCUT2D eigenvalue weighted by Gasteiger charge is -2.39. The molecule has 0 radical (unpaired) electrons. The number of piperidine rings is 1. The zero-order valence-corrected chi connectivity index (χ0v) is 12.2. The molecule has 18 heavy (non-hydrogen) atoms. The maximum atomic E-state index is 11.7. The molecular formula is C14H28N2O2. The number of hydrogen-bond donors (Lipinski definition) is 1. The lowest BCUT2D eigenvalue weighted by Crippen LogP contribution is -2.50. The second-order valence-corrected chi connectivity index (χ2v) is 6.08. The van der Waals surface area contributed by atoms with Crippen LogP contribution in [0.3, 0.4) is 0 Å². The largest absolute Gasteiger partial charge is 0.469 e. The van der Waals surface area contributed by atoms with Crippen molar-refractivity contribution in [2.75, 3.05) is 20.2 Å². The summed E-state index contributed by atoms with van der Waals surface area (Å²) in [4.78, 5) is 14.1. The number of likely N-dealkylation sites (tertiary alicyclic amines) is 1. The second-order valence-electron chi connectivity index (χ2n) is 6.08. The van der Waals surface area contributed by atoms with Crippen LogP contribution in [0.25, 0.3) is 0 Å². The predicted octanol–water partition coefficient (Wildman–Crippen LogP) is 1.78. The first-order valence-corrected chi connectivity index (χ1v) is 6.96. The van der Waals surface area contributed by atoms with E-state index in [0.29, 0.717) is 6.04 Å². The van der Waals surface area contributed by atoms with Gasteiger partial charge in [0.05, 0.1) is 12.5 Å². The monoisotopic (exact) mass is 256 g/mol. The Morgan fingerprint density at radius 3 is 2.72 bits per heavy atom. The van der Waals surface area contributed by atoms with E-state index in [1.54, 1.807) is 0 Å². The van der Waals surface area contributed by atoms with Gasteiger partial charge in [0.1, 0.15) is 0 Å². The number of carbonyl (C=O) groups is 1. The molecule has 0 amide bonds. The van der Waals surface area contributed by atoms with Gasteiger partial charge in [-0.3, -0.25) is 9.69 Å². The minimum atomic E-state index is -0.408. The molecule has 0 bridgehead atoms. The highest BCUT2D eigenvalue weighted by atomic mass is 16.5. The summed E-state index contributed by atoms with van der Waals surface area (Å²) in [6.45, 7) is 8.00. The van der Waals surface area contributed by atoms with Gasteiger partial charge in [0.15, 0.2) is 0 Å². The van der Waals surface area contributed by atoms with Crippen LogP contribution in [0.1, 0.15) is 46.5 Å². The maximum absolute atomic E-state index is 11.7. The van der Waals surface area contributed by atoms with E-state index in [1.165, 1.54) is 26.4 Å². The Morgan fingerprint density at radius 1 is 1.50 bits per heavy atom. The first-order chi connectivity index (χ1) is 8.38. The summed E-state index contributed by atoms with van der Waals surface area (Å²) < 4.78 is 4.85. The van der Waals surface area contributed by atoms with Gasteiger partial charge in [-0.05, 0) is 53.1 Å². The third-order valence-corrected chi connectivity index (χ3v) is 4.03. The molecule has 1 rings (SSSR count). The average molecular weight is 256 g/mol. The van der Waals surface area contributed by atoms with Gasteiger partial charge in [0.25, 0.3) is 0 Å². The number of nitrogens with zero attached hydrogens (tertiary/aromatic N) is 1. The smallest absolute Gasteiger partial charge is 0.311 e. The highest BCUT2D eigenvalue weighted by Gasteiger charge is 2.31. The molecule has 0 spiro atoms. The van der Waals surface area contributed by atoms with Gasteiger partial charge < -0.3 is 10.5 Å². The molecule has 2 N–H and O–H groups in total. The summed E-state index contributed by atoms with van der Waals surface area (Å²) in [5, 5.41) is 0. The zero-order chi connectivity index (χ0) is 13.8. The lowest BCUT2D eigenvalue weighted by molar-refractivity contribution is -0.151. The number of ether oxygens (including phenoxy) is 1.